The van der Waals surface area contributed by atoms with Crippen LogP contribution in [0, 0.1) is 5.92 Å². The van der Waals surface area contributed by atoms with Gasteiger partial charge in [-0.25, -0.2) is 0 Å². The number of pyridine rings is 1. The van der Waals surface area contributed by atoms with Crippen molar-refractivity contribution in [2.24, 2.45) is 5.92 Å². The molecule has 2 heterocycles. The fraction of sp³-hybridized carbons (Fsp3) is 0.667. The fourth-order valence-corrected chi connectivity index (χ4v) is 2.78. The summed E-state index contributed by atoms with van der Waals surface area (Å²) in [6.07, 6.45) is 4.48. The zero-order valence-electron chi connectivity index (χ0n) is 11.8. The first-order valence-electron chi connectivity index (χ1n) is 7.02. The molecule has 0 aliphatic carbocycles. The highest BCUT2D eigenvalue weighted by atomic mass is 15.1. The minimum atomic E-state index is 0.334. The smallest absolute Gasteiger partial charge is 0.0570 e. The number of nitrogens with zero attached hydrogens (tertiary/aromatic N) is 2. The Hall–Kier alpha value is -0.930. The van der Waals surface area contributed by atoms with Gasteiger partial charge in [0.05, 0.1) is 5.69 Å². The lowest BCUT2D eigenvalue weighted by atomic mass is 9.90. The molecule has 1 aliphatic heterocycles. The Morgan fingerprint density at radius 3 is 2.61 bits per heavy atom. The molecule has 2 rings (SSSR count). The van der Waals surface area contributed by atoms with Crippen molar-refractivity contribution >= 4 is 0 Å². The van der Waals surface area contributed by atoms with Crippen molar-refractivity contribution in [2.45, 2.75) is 38.8 Å². The van der Waals surface area contributed by atoms with Crippen LogP contribution in [0.3, 0.4) is 0 Å². The molecule has 0 saturated carbocycles. The Morgan fingerprint density at radius 2 is 2.00 bits per heavy atom. The second kappa shape index (κ2) is 6.30. The van der Waals surface area contributed by atoms with Crippen molar-refractivity contribution in [3.8, 4) is 0 Å². The number of hydrogen-bond donors (Lipinski definition) is 1. The van der Waals surface area contributed by atoms with Crippen molar-refractivity contribution in [1.82, 2.24) is 15.2 Å². The fourth-order valence-electron chi connectivity index (χ4n) is 2.78. The van der Waals surface area contributed by atoms with E-state index in [4.69, 9.17) is 0 Å². The lowest BCUT2D eigenvalue weighted by Gasteiger charge is -2.34. The number of nitrogens with one attached hydrogen (secondary N) is 1. The van der Waals surface area contributed by atoms with Crippen LogP contribution in [0.1, 0.15) is 38.4 Å². The monoisotopic (exact) mass is 247 g/mol. The summed E-state index contributed by atoms with van der Waals surface area (Å²) in [5.74, 6) is 0.798. The highest BCUT2D eigenvalue weighted by molar-refractivity contribution is 5.07. The average molecular weight is 247 g/mol. The lowest BCUT2D eigenvalue weighted by molar-refractivity contribution is 0.185. The molecule has 1 saturated heterocycles. The van der Waals surface area contributed by atoms with Gasteiger partial charge in [0.25, 0.3) is 0 Å². The van der Waals surface area contributed by atoms with Gasteiger partial charge in [0, 0.05) is 18.3 Å². The van der Waals surface area contributed by atoms with Crippen molar-refractivity contribution in [2.75, 3.05) is 20.1 Å². The van der Waals surface area contributed by atoms with E-state index in [1.54, 1.807) is 0 Å². The maximum atomic E-state index is 4.42. The van der Waals surface area contributed by atoms with Gasteiger partial charge in [0.2, 0.25) is 0 Å². The topological polar surface area (TPSA) is 28.2 Å². The third kappa shape index (κ3) is 3.53. The minimum Gasteiger partial charge on any atom is -0.306 e. The van der Waals surface area contributed by atoms with Gasteiger partial charge in [-0.15, -0.1) is 0 Å². The van der Waals surface area contributed by atoms with Crippen LogP contribution in [-0.2, 0) is 0 Å². The van der Waals surface area contributed by atoms with E-state index in [1.165, 1.54) is 25.9 Å². The van der Waals surface area contributed by atoms with Crippen molar-refractivity contribution in [3.63, 3.8) is 0 Å². The summed E-state index contributed by atoms with van der Waals surface area (Å²) in [6, 6.07) is 7.02. The Kier molecular flexibility index (Phi) is 4.72. The molecule has 1 aromatic rings. The number of piperidine rings is 1. The van der Waals surface area contributed by atoms with E-state index >= 15 is 0 Å². The van der Waals surface area contributed by atoms with E-state index in [9.17, 15) is 0 Å². The molecule has 18 heavy (non-hydrogen) atoms. The number of likely N-dealkylation sites (tertiary alicyclic amines) is 1. The van der Waals surface area contributed by atoms with Crippen LogP contribution < -0.4 is 5.32 Å². The van der Waals surface area contributed by atoms with Crippen LogP contribution in [0.2, 0.25) is 0 Å². The molecule has 1 aliphatic rings. The van der Waals surface area contributed by atoms with Gasteiger partial charge in [0.1, 0.15) is 0 Å². The maximum Gasteiger partial charge on any atom is 0.0570 e. The third-order valence-corrected chi connectivity index (χ3v) is 4.11. The molecule has 3 heteroatoms. The minimum absolute atomic E-state index is 0.334. The van der Waals surface area contributed by atoms with E-state index in [0.717, 1.165) is 11.6 Å². The standard InChI is InChI=1S/C15H25N3/c1-12(14-7-10-18(3)11-8-14)17-13(2)15-6-4-5-9-16-15/h4-6,9,12-14,17H,7-8,10-11H2,1-3H3. The van der Waals surface area contributed by atoms with Crippen LogP contribution in [0.25, 0.3) is 0 Å². The molecular weight excluding hydrogens is 222 g/mol. The largest absolute Gasteiger partial charge is 0.306 e. The first-order chi connectivity index (χ1) is 8.66. The van der Waals surface area contributed by atoms with Gasteiger partial charge in [-0.3, -0.25) is 4.98 Å². The SMILES string of the molecule is CC(NC(C)C1CCN(C)CC1)c1ccccn1. The maximum absolute atomic E-state index is 4.42. The molecule has 1 aromatic heterocycles. The van der Waals surface area contributed by atoms with Crippen molar-refractivity contribution < 1.29 is 0 Å². The molecule has 0 aromatic carbocycles. The molecular formula is C15H25N3. The predicted octanol–water partition coefficient (Wildman–Crippen LogP) is 2.46. The molecule has 0 bridgehead atoms. The molecule has 3 nitrogen and oxygen atoms in total. The predicted molar refractivity (Wildman–Crippen MR) is 75.5 cm³/mol. The highest BCUT2D eigenvalue weighted by Crippen LogP contribution is 2.21. The summed E-state index contributed by atoms with van der Waals surface area (Å²) in [7, 11) is 2.21. The Bertz CT molecular complexity index is 344. The Balaban J connectivity index is 1.85. The Labute approximate surface area is 111 Å². The normalized spacial score (nSPS) is 21.7. The highest BCUT2D eigenvalue weighted by Gasteiger charge is 2.23. The molecule has 1 N–H and O–H groups in total. The van der Waals surface area contributed by atoms with Gasteiger partial charge >= 0.3 is 0 Å². The van der Waals surface area contributed by atoms with E-state index in [1.807, 2.05) is 12.3 Å². The molecule has 0 spiro atoms. The Morgan fingerprint density at radius 1 is 1.28 bits per heavy atom. The zero-order valence-corrected chi connectivity index (χ0v) is 11.8. The second-order valence-corrected chi connectivity index (χ2v) is 5.57. The first kappa shape index (κ1) is 13.5. The van der Waals surface area contributed by atoms with Gasteiger partial charge in [-0.05, 0) is 64.9 Å². The quantitative estimate of drug-likeness (QED) is 0.886. The van der Waals surface area contributed by atoms with Gasteiger partial charge < -0.3 is 10.2 Å². The van der Waals surface area contributed by atoms with Crippen molar-refractivity contribution in [1.29, 1.82) is 0 Å². The lowest BCUT2D eigenvalue weighted by Crippen LogP contribution is -2.41. The molecule has 1 fully saturated rings. The van der Waals surface area contributed by atoms with Crippen molar-refractivity contribution in [3.05, 3.63) is 30.1 Å². The zero-order chi connectivity index (χ0) is 13.0. The molecule has 2 atom stereocenters. The summed E-state index contributed by atoms with van der Waals surface area (Å²) in [4.78, 5) is 6.84. The molecule has 2 unspecified atom stereocenters. The second-order valence-electron chi connectivity index (χ2n) is 5.57. The summed E-state index contributed by atoms with van der Waals surface area (Å²) in [5.41, 5.74) is 1.14. The van der Waals surface area contributed by atoms with Gasteiger partial charge in [-0.2, -0.15) is 0 Å². The van der Waals surface area contributed by atoms with Gasteiger partial charge in [-0.1, -0.05) is 6.07 Å². The summed E-state index contributed by atoms with van der Waals surface area (Å²) < 4.78 is 0. The van der Waals surface area contributed by atoms with Crippen LogP contribution in [0.4, 0.5) is 0 Å². The van der Waals surface area contributed by atoms with E-state index in [2.05, 4.69) is 48.2 Å². The molecule has 100 valence electrons. The number of aromatic nitrogens is 1. The van der Waals surface area contributed by atoms with Crippen LogP contribution in [-0.4, -0.2) is 36.1 Å². The summed E-state index contributed by atoms with van der Waals surface area (Å²) in [6.45, 7) is 6.98. The van der Waals surface area contributed by atoms with Crippen LogP contribution >= 0.6 is 0 Å². The summed E-state index contributed by atoms with van der Waals surface area (Å²) in [5, 5.41) is 3.70. The van der Waals surface area contributed by atoms with Crippen LogP contribution in [0.5, 0.6) is 0 Å². The first-order valence-corrected chi connectivity index (χ1v) is 7.02. The van der Waals surface area contributed by atoms with E-state index in [0.29, 0.717) is 12.1 Å². The molecule has 0 radical (unpaired) electrons. The van der Waals surface area contributed by atoms with Gasteiger partial charge in [0.15, 0.2) is 0 Å². The third-order valence-electron chi connectivity index (χ3n) is 4.11. The van der Waals surface area contributed by atoms with Crippen LogP contribution in [0.15, 0.2) is 24.4 Å². The van der Waals surface area contributed by atoms with E-state index < -0.39 is 0 Å². The molecule has 0 amide bonds. The number of hydrogen-bond acceptors (Lipinski definition) is 3. The van der Waals surface area contributed by atoms with E-state index in [-0.39, 0.29) is 0 Å². The summed E-state index contributed by atoms with van der Waals surface area (Å²) >= 11 is 0. The average Bonchev–Trinajstić information content (AvgIpc) is 2.40. The number of rotatable bonds is 4.